The molecule has 0 unspecified atom stereocenters. The Morgan fingerprint density at radius 1 is 1.47 bits per heavy atom. The Labute approximate surface area is 102 Å². The third kappa shape index (κ3) is 3.76. The average Bonchev–Trinajstić information content (AvgIpc) is 2.55. The van der Waals surface area contributed by atoms with E-state index in [1.54, 1.807) is 0 Å². The van der Waals surface area contributed by atoms with Crippen molar-refractivity contribution >= 4 is 11.6 Å². The number of amides is 1. The van der Waals surface area contributed by atoms with Gasteiger partial charge in [0.2, 0.25) is 5.91 Å². The van der Waals surface area contributed by atoms with Gasteiger partial charge in [-0.15, -0.1) is 0 Å². The van der Waals surface area contributed by atoms with Crippen LogP contribution in [0.4, 0.5) is 5.69 Å². The molecule has 1 aromatic rings. The van der Waals surface area contributed by atoms with Crippen LogP contribution in [0.25, 0.3) is 0 Å². The molecule has 0 radical (unpaired) electrons. The maximum Gasteiger partial charge on any atom is 0.239 e. The lowest BCUT2D eigenvalue weighted by Gasteiger charge is -2.18. The largest absolute Gasteiger partial charge is 0.361 e. The monoisotopic (exact) mass is 239 g/mol. The highest BCUT2D eigenvalue weighted by Gasteiger charge is 2.15. The molecule has 0 aliphatic carbocycles. The van der Waals surface area contributed by atoms with E-state index in [2.05, 4.69) is 24.3 Å². The molecular weight excluding hydrogens is 218 g/mol. The molecular formula is C12H21N3O2. The minimum atomic E-state index is 0.0150. The van der Waals surface area contributed by atoms with Crippen molar-refractivity contribution in [1.29, 1.82) is 0 Å². The van der Waals surface area contributed by atoms with Gasteiger partial charge in [0.25, 0.3) is 0 Å². The van der Waals surface area contributed by atoms with Crippen molar-refractivity contribution in [3.8, 4) is 0 Å². The van der Waals surface area contributed by atoms with Gasteiger partial charge in [0.1, 0.15) is 11.4 Å². The summed E-state index contributed by atoms with van der Waals surface area (Å²) in [5.41, 5.74) is 1.70. The Hall–Kier alpha value is -1.52. The summed E-state index contributed by atoms with van der Waals surface area (Å²) in [5, 5.41) is 6.75. The maximum atomic E-state index is 11.7. The molecule has 0 fully saturated rings. The summed E-state index contributed by atoms with van der Waals surface area (Å²) >= 11 is 0. The highest BCUT2D eigenvalue weighted by molar-refractivity contribution is 5.81. The zero-order chi connectivity index (χ0) is 13.0. The first-order valence-corrected chi connectivity index (χ1v) is 5.82. The Morgan fingerprint density at radius 2 is 2.12 bits per heavy atom. The van der Waals surface area contributed by atoms with Crippen LogP contribution in [-0.4, -0.2) is 31.2 Å². The molecule has 0 aromatic carbocycles. The van der Waals surface area contributed by atoms with Crippen molar-refractivity contribution in [3.63, 3.8) is 0 Å². The number of hydrogen-bond donors (Lipinski definition) is 1. The molecule has 1 aromatic heterocycles. The lowest BCUT2D eigenvalue weighted by molar-refractivity contribution is -0.119. The zero-order valence-corrected chi connectivity index (χ0v) is 11.2. The van der Waals surface area contributed by atoms with Crippen LogP contribution in [0.3, 0.4) is 0 Å². The number of anilines is 1. The smallest absolute Gasteiger partial charge is 0.239 e. The van der Waals surface area contributed by atoms with Crippen LogP contribution in [0.5, 0.6) is 0 Å². The third-order valence-electron chi connectivity index (χ3n) is 2.47. The van der Waals surface area contributed by atoms with Crippen molar-refractivity contribution in [2.24, 2.45) is 5.92 Å². The van der Waals surface area contributed by atoms with Crippen molar-refractivity contribution in [2.75, 3.05) is 25.0 Å². The van der Waals surface area contributed by atoms with Gasteiger partial charge in [-0.3, -0.25) is 4.79 Å². The number of hydrogen-bond acceptors (Lipinski definition) is 4. The first-order valence-electron chi connectivity index (χ1n) is 5.82. The molecule has 0 aliphatic heterocycles. The van der Waals surface area contributed by atoms with E-state index >= 15 is 0 Å². The molecule has 5 heteroatoms. The molecule has 0 atom stereocenters. The summed E-state index contributed by atoms with van der Waals surface area (Å²) < 4.78 is 5.07. The molecule has 0 saturated heterocycles. The fourth-order valence-electron chi connectivity index (χ4n) is 1.69. The minimum Gasteiger partial charge on any atom is -0.361 e. The van der Waals surface area contributed by atoms with Gasteiger partial charge in [0.05, 0.1) is 6.54 Å². The van der Waals surface area contributed by atoms with E-state index in [-0.39, 0.29) is 5.91 Å². The van der Waals surface area contributed by atoms with E-state index in [9.17, 15) is 4.79 Å². The number of nitrogens with zero attached hydrogens (tertiary/aromatic N) is 2. The molecule has 0 aliphatic rings. The number of aromatic nitrogens is 1. The first kappa shape index (κ1) is 13.5. The number of likely N-dealkylation sites (N-methyl/N-ethyl adjacent to an activating group) is 1. The topological polar surface area (TPSA) is 58.4 Å². The second-order valence-electron chi connectivity index (χ2n) is 4.73. The second-order valence-corrected chi connectivity index (χ2v) is 4.73. The van der Waals surface area contributed by atoms with Crippen LogP contribution >= 0.6 is 0 Å². The molecule has 17 heavy (non-hydrogen) atoms. The number of nitrogens with one attached hydrogen (secondary N) is 1. The first-order chi connectivity index (χ1) is 7.91. The van der Waals surface area contributed by atoms with Gasteiger partial charge in [-0.2, -0.15) is 0 Å². The Kier molecular flexibility index (Phi) is 4.54. The summed E-state index contributed by atoms with van der Waals surface area (Å²) in [7, 11) is 1.86. The number of carbonyl (C=O) groups excluding carboxylic acids is 1. The predicted molar refractivity (Wildman–Crippen MR) is 67.1 cm³/mol. The summed E-state index contributed by atoms with van der Waals surface area (Å²) in [4.78, 5) is 13.5. The maximum absolute atomic E-state index is 11.7. The molecule has 1 amide bonds. The molecule has 0 bridgehead atoms. The van der Waals surface area contributed by atoms with Crippen molar-refractivity contribution in [2.45, 2.75) is 27.7 Å². The highest BCUT2D eigenvalue weighted by Crippen LogP contribution is 2.22. The second kappa shape index (κ2) is 5.70. The molecule has 5 nitrogen and oxygen atoms in total. The fraction of sp³-hybridized carbons (Fsp3) is 0.667. The minimum absolute atomic E-state index is 0.0150. The van der Waals surface area contributed by atoms with E-state index < -0.39 is 0 Å². The summed E-state index contributed by atoms with van der Waals surface area (Å²) in [6.07, 6.45) is 0. The normalized spacial score (nSPS) is 10.7. The van der Waals surface area contributed by atoms with Gasteiger partial charge in [-0.1, -0.05) is 19.0 Å². The lowest BCUT2D eigenvalue weighted by Crippen LogP contribution is -2.37. The quantitative estimate of drug-likeness (QED) is 0.846. The summed E-state index contributed by atoms with van der Waals surface area (Å²) in [6, 6.07) is 0. The Morgan fingerprint density at radius 3 is 2.59 bits per heavy atom. The number of aryl methyl sites for hydroxylation is 2. The van der Waals surface area contributed by atoms with Crippen LogP contribution in [0, 0.1) is 19.8 Å². The van der Waals surface area contributed by atoms with E-state index in [1.165, 1.54) is 0 Å². The lowest BCUT2D eigenvalue weighted by atomic mass is 10.2. The van der Waals surface area contributed by atoms with E-state index in [0.29, 0.717) is 19.0 Å². The van der Waals surface area contributed by atoms with Gasteiger partial charge in [0.15, 0.2) is 5.76 Å². The summed E-state index contributed by atoms with van der Waals surface area (Å²) in [6.45, 7) is 8.87. The number of rotatable bonds is 5. The summed E-state index contributed by atoms with van der Waals surface area (Å²) in [5.74, 6) is 1.21. The van der Waals surface area contributed by atoms with E-state index in [1.807, 2.05) is 25.8 Å². The average molecular weight is 239 g/mol. The standard InChI is InChI=1S/C12H21N3O2/c1-8(2)6-13-11(16)7-15(5)12-9(3)14-17-10(12)4/h8H,6-7H2,1-5H3,(H,13,16). The molecule has 1 N–H and O–H groups in total. The van der Waals surface area contributed by atoms with Gasteiger partial charge in [0, 0.05) is 13.6 Å². The molecule has 96 valence electrons. The molecule has 1 heterocycles. The van der Waals surface area contributed by atoms with Crippen LogP contribution in [0.1, 0.15) is 25.3 Å². The van der Waals surface area contributed by atoms with Gasteiger partial charge < -0.3 is 14.7 Å². The SMILES string of the molecule is Cc1noc(C)c1N(C)CC(=O)NCC(C)C. The van der Waals surface area contributed by atoms with Crippen LogP contribution in [-0.2, 0) is 4.79 Å². The van der Waals surface area contributed by atoms with Crippen LogP contribution in [0.2, 0.25) is 0 Å². The van der Waals surface area contributed by atoms with E-state index in [4.69, 9.17) is 4.52 Å². The number of carbonyl (C=O) groups is 1. The van der Waals surface area contributed by atoms with Crippen LogP contribution in [0.15, 0.2) is 4.52 Å². The molecule has 0 saturated carbocycles. The van der Waals surface area contributed by atoms with Gasteiger partial charge in [-0.25, -0.2) is 0 Å². The fourth-order valence-corrected chi connectivity index (χ4v) is 1.69. The van der Waals surface area contributed by atoms with Crippen molar-refractivity contribution < 1.29 is 9.32 Å². The van der Waals surface area contributed by atoms with Crippen LogP contribution < -0.4 is 10.2 Å². The Balaban J connectivity index is 2.55. The van der Waals surface area contributed by atoms with E-state index in [0.717, 1.165) is 17.1 Å². The van der Waals surface area contributed by atoms with Gasteiger partial charge in [-0.05, 0) is 19.8 Å². The Bertz CT molecular complexity index is 366. The molecule has 1 rings (SSSR count). The van der Waals surface area contributed by atoms with Gasteiger partial charge >= 0.3 is 0 Å². The molecule has 0 spiro atoms. The third-order valence-corrected chi connectivity index (χ3v) is 2.47. The predicted octanol–water partition coefficient (Wildman–Crippen LogP) is 1.50. The van der Waals surface area contributed by atoms with Crippen molar-refractivity contribution in [3.05, 3.63) is 11.5 Å². The van der Waals surface area contributed by atoms with Crippen molar-refractivity contribution in [1.82, 2.24) is 10.5 Å². The highest BCUT2D eigenvalue weighted by atomic mass is 16.5. The zero-order valence-electron chi connectivity index (χ0n) is 11.2.